The zero-order valence-electron chi connectivity index (χ0n) is 17.0. The Bertz CT molecular complexity index is 1240. The van der Waals surface area contributed by atoms with Gasteiger partial charge in [0.15, 0.2) is 11.6 Å². The molecule has 1 atom stereocenters. The van der Waals surface area contributed by atoms with Gasteiger partial charge in [0.1, 0.15) is 23.3 Å². The number of hydrogen-bond donors (Lipinski definition) is 1. The number of anilines is 1. The summed E-state index contributed by atoms with van der Waals surface area (Å²) in [6, 6.07) is 9.93. The molecule has 164 valence electrons. The number of nitrogens with zero attached hydrogens (tertiary/aromatic N) is 1. The number of carbonyl (C=O) groups is 2. The lowest BCUT2D eigenvalue weighted by atomic mass is 9.99. The highest BCUT2D eigenvalue weighted by molar-refractivity contribution is 7.10. The molecule has 1 aliphatic heterocycles. The van der Waals surface area contributed by atoms with Crippen LogP contribution in [0.5, 0.6) is 11.5 Å². The van der Waals surface area contributed by atoms with Gasteiger partial charge >= 0.3 is 0 Å². The van der Waals surface area contributed by atoms with E-state index in [2.05, 4.69) is 0 Å². The average Bonchev–Trinajstić information content (AvgIpc) is 3.42. The van der Waals surface area contributed by atoms with Gasteiger partial charge in [0.25, 0.3) is 11.7 Å². The summed E-state index contributed by atoms with van der Waals surface area (Å²) in [5.41, 5.74) is -0.0634. The van der Waals surface area contributed by atoms with Crippen LogP contribution in [0.25, 0.3) is 5.76 Å². The highest BCUT2D eigenvalue weighted by atomic mass is 32.1. The zero-order valence-corrected chi connectivity index (χ0v) is 17.8. The van der Waals surface area contributed by atoms with Gasteiger partial charge < -0.3 is 14.6 Å². The average molecular weight is 457 g/mol. The van der Waals surface area contributed by atoms with Crippen LogP contribution in [0.1, 0.15) is 16.5 Å². The predicted octanol–water partition coefficient (Wildman–Crippen LogP) is 4.67. The largest absolute Gasteiger partial charge is 0.507 e. The van der Waals surface area contributed by atoms with Gasteiger partial charge in [-0.1, -0.05) is 6.07 Å². The highest BCUT2D eigenvalue weighted by Crippen LogP contribution is 2.45. The van der Waals surface area contributed by atoms with E-state index in [0.717, 1.165) is 17.0 Å². The van der Waals surface area contributed by atoms with E-state index in [4.69, 9.17) is 9.47 Å². The van der Waals surface area contributed by atoms with Crippen molar-refractivity contribution >= 4 is 34.5 Å². The van der Waals surface area contributed by atoms with Crippen LogP contribution in [0.3, 0.4) is 0 Å². The first kappa shape index (κ1) is 21.5. The van der Waals surface area contributed by atoms with Crippen molar-refractivity contribution in [1.82, 2.24) is 0 Å². The molecular formula is C23H17F2NO5S. The number of thiophene rings is 1. The smallest absolute Gasteiger partial charge is 0.300 e. The summed E-state index contributed by atoms with van der Waals surface area (Å²) in [7, 11) is 2.84. The van der Waals surface area contributed by atoms with Crippen molar-refractivity contribution in [2.75, 3.05) is 19.1 Å². The molecule has 0 spiro atoms. The van der Waals surface area contributed by atoms with E-state index in [1.165, 1.54) is 37.7 Å². The van der Waals surface area contributed by atoms with Crippen LogP contribution < -0.4 is 14.4 Å². The lowest BCUT2D eigenvalue weighted by Gasteiger charge is -2.24. The van der Waals surface area contributed by atoms with Gasteiger partial charge in [-0.3, -0.25) is 14.5 Å². The van der Waals surface area contributed by atoms with Gasteiger partial charge in [-0.25, -0.2) is 8.78 Å². The molecule has 1 saturated heterocycles. The molecule has 32 heavy (non-hydrogen) atoms. The molecule has 4 rings (SSSR count). The Morgan fingerprint density at radius 2 is 1.81 bits per heavy atom. The molecule has 0 aliphatic carbocycles. The molecule has 3 aromatic rings. The van der Waals surface area contributed by atoms with Crippen molar-refractivity contribution in [1.29, 1.82) is 0 Å². The van der Waals surface area contributed by atoms with Gasteiger partial charge in [-0.15, -0.1) is 11.3 Å². The number of carbonyl (C=O) groups excluding carboxylic acids is 2. The van der Waals surface area contributed by atoms with Crippen molar-refractivity contribution in [3.63, 3.8) is 0 Å². The van der Waals surface area contributed by atoms with Crippen LogP contribution in [0.2, 0.25) is 0 Å². The van der Waals surface area contributed by atoms with Crippen LogP contribution in [-0.2, 0) is 9.59 Å². The summed E-state index contributed by atoms with van der Waals surface area (Å²) in [4.78, 5) is 27.7. The van der Waals surface area contributed by atoms with E-state index >= 15 is 0 Å². The first-order chi connectivity index (χ1) is 15.4. The van der Waals surface area contributed by atoms with Crippen LogP contribution in [0, 0.1) is 11.6 Å². The molecule has 6 nitrogen and oxygen atoms in total. The fourth-order valence-electron chi connectivity index (χ4n) is 3.59. The van der Waals surface area contributed by atoms with E-state index < -0.39 is 35.1 Å². The quantitative estimate of drug-likeness (QED) is 0.342. The van der Waals surface area contributed by atoms with Crippen molar-refractivity contribution in [2.45, 2.75) is 6.04 Å². The molecule has 0 bridgehead atoms. The van der Waals surface area contributed by atoms with Gasteiger partial charge in [0.2, 0.25) is 0 Å². The summed E-state index contributed by atoms with van der Waals surface area (Å²) in [5, 5.41) is 12.9. The second-order valence-electron chi connectivity index (χ2n) is 6.85. The maximum Gasteiger partial charge on any atom is 0.300 e. The molecule has 1 aliphatic rings. The molecule has 0 saturated carbocycles. The number of halogens is 2. The molecule has 1 amide bonds. The Morgan fingerprint density at radius 3 is 2.44 bits per heavy atom. The lowest BCUT2D eigenvalue weighted by Crippen LogP contribution is -2.29. The van der Waals surface area contributed by atoms with Crippen molar-refractivity contribution in [3.05, 3.63) is 81.6 Å². The summed E-state index contributed by atoms with van der Waals surface area (Å²) in [6.45, 7) is 0. The Morgan fingerprint density at radius 1 is 1.03 bits per heavy atom. The van der Waals surface area contributed by atoms with Gasteiger partial charge in [0.05, 0.1) is 25.4 Å². The summed E-state index contributed by atoms with van der Waals surface area (Å²) < 4.78 is 37.9. The standard InChI is InChI=1S/C23H17F2NO5S/c1-30-13-6-8-17(31-2)14(11-13)21(27)19-20(18-4-3-9-32-18)26(23(29)22(19)28)12-5-7-15(24)16(25)10-12/h3-11,20,27H,1-2H3/b21-19-. The van der Waals surface area contributed by atoms with E-state index in [1.54, 1.807) is 29.6 Å². The highest BCUT2D eigenvalue weighted by Gasteiger charge is 2.47. The number of amides is 1. The van der Waals surface area contributed by atoms with Crippen LogP contribution in [0.4, 0.5) is 14.5 Å². The Hall–Kier alpha value is -3.72. The topological polar surface area (TPSA) is 76.1 Å². The number of Topliss-reactive ketones (excluding diaryl/α,β-unsaturated/α-hetero) is 1. The molecule has 1 unspecified atom stereocenters. The Labute approximate surface area is 185 Å². The minimum absolute atomic E-state index is 0.0129. The van der Waals surface area contributed by atoms with Crippen LogP contribution >= 0.6 is 11.3 Å². The number of rotatable bonds is 5. The number of hydrogen-bond acceptors (Lipinski definition) is 6. The van der Waals surface area contributed by atoms with E-state index in [0.29, 0.717) is 10.6 Å². The molecule has 2 heterocycles. The van der Waals surface area contributed by atoms with E-state index in [-0.39, 0.29) is 22.6 Å². The SMILES string of the molecule is COc1ccc(OC)c(/C(O)=C2/C(=O)C(=O)N(c3ccc(F)c(F)c3)C2c2cccs2)c1. The minimum Gasteiger partial charge on any atom is -0.507 e. The molecule has 9 heteroatoms. The van der Waals surface area contributed by atoms with Gasteiger partial charge in [0, 0.05) is 16.6 Å². The minimum atomic E-state index is -1.16. The van der Waals surface area contributed by atoms with Gasteiger partial charge in [-0.05, 0) is 41.8 Å². The maximum absolute atomic E-state index is 13.9. The molecule has 1 aromatic heterocycles. The Kier molecular flexibility index (Phi) is 5.67. The van der Waals surface area contributed by atoms with Crippen molar-refractivity contribution < 1.29 is 33.0 Å². The maximum atomic E-state index is 13.9. The zero-order chi connectivity index (χ0) is 23.0. The fourth-order valence-corrected chi connectivity index (χ4v) is 4.42. The number of aliphatic hydroxyl groups excluding tert-OH is 1. The normalized spacial score (nSPS) is 17.6. The fraction of sp³-hybridized carbons (Fsp3) is 0.130. The van der Waals surface area contributed by atoms with Crippen molar-refractivity contribution in [3.8, 4) is 11.5 Å². The predicted molar refractivity (Wildman–Crippen MR) is 115 cm³/mol. The summed E-state index contributed by atoms with van der Waals surface area (Å²) >= 11 is 1.25. The third kappa shape index (κ3) is 3.50. The molecule has 1 N–H and O–H groups in total. The van der Waals surface area contributed by atoms with E-state index in [1.807, 2.05) is 0 Å². The number of methoxy groups -OCH3 is 2. The third-order valence-electron chi connectivity index (χ3n) is 5.10. The van der Waals surface area contributed by atoms with Gasteiger partial charge in [-0.2, -0.15) is 0 Å². The Balaban J connectivity index is 1.96. The third-order valence-corrected chi connectivity index (χ3v) is 6.02. The number of ether oxygens (including phenoxy) is 2. The molecule has 1 fully saturated rings. The molecular weight excluding hydrogens is 440 g/mol. The summed E-state index contributed by atoms with van der Waals surface area (Å²) in [5.74, 6) is -4.00. The number of benzene rings is 2. The van der Waals surface area contributed by atoms with Crippen molar-refractivity contribution in [2.24, 2.45) is 0 Å². The summed E-state index contributed by atoms with van der Waals surface area (Å²) in [6.07, 6.45) is 0. The molecule has 0 radical (unpaired) electrons. The number of ketones is 1. The van der Waals surface area contributed by atoms with E-state index in [9.17, 15) is 23.5 Å². The monoisotopic (exact) mass is 457 g/mol. The first-order valence-electron chi connectivity index (χ1n) is 9.39. The number of aliphatic hydroxyl groups is 1. The van der Waals surface area contributed by atoms with Crippen LogP contribution in [-0.4, -0.2) is 31.0 Å². The van der Waals surface area contributed by atoms with Crippen LogP contribution in [0.15, 0.2) is 59.5 Å². The second kappa shape index (κ2) is 8.43. The lowest BCUT2D eigenvalue weighted by molar-refractivity contribution is -0.132. The second-order valence-corrected chi connectivity index (χ2v) is 7.83. The first-order valence-corrected chi connectivity index (χ1v) is 10.3. The molecule has 2 aromatic carbocycles.